The minimum absolute atomic E-state index is 0.336. The number of halogens is 2. The number of ether oxygens (including phenoxy) is 1. The topological polar surface area (TPSA) is 50.8 Å². The van der Waals surface area contributed by atoms with Crippen LogP contribution in [0.25, 0.3) is 11.4 Å². The van der Waals surface area contributed by atoms with Crippen LogP contribution >= 0.6 is 23.4 Å². The van der Waals surface area contributed by atoms with Crippen molar-refractivity contribution in [2.24, 2.45) is 0 Å². The Morgan fingerprint density at radius 1 is 1.26 bits per heavy atom. The van der Waals surface area contributed by atoms with Gasteiger partial charge in [0.1, 0.15) is 11.6 Å². The monoisotopic (exact) mass is 349 g/mol. The predicted octanol–water partition coefficient (Wildman–Crippen LogP) is 4.57. The molecule has 2 aromatic carbocycles. The Bertz CT molecular complexity index is 825. The van der Waals surface area contributed by atoms with Gasteiger partial charge in [0.25, 0.3) is 0 Å². The van der Waals surface area contributed by atoms with Gasteiger partial charge in [0.15, 0.2) is 5.82 Å². The molecule has 3 rings (SSSR count). The van der Waals surface area contributed by atoms with E-state index in [9.17, 15) is 4.39 Å². The Balaban J connectivity index is 1.76. The van der Waals surface area contributed by atoms with E-state index >= 15 is 0 Å². The molecule has 4 nitrogen and oxygen atoms in total. The third-order valence-electron chi connectivity index (χ3n) is 3.19. The van der Waals surface area contributed by atoms with Crippen LogP contribution < -0.4 is 4.74 Å². The lowest BCUT2D eigenvalue weighted by molar-refractivity contribution is 0.411. The zero-order chi connectivity index (χ0) is 16.2. The van der Waals surface area contributed by atoms with Crippen LogP contribution in [0.3, 0.4) is 0 Å². The summed E-state index contributed by atoms with van der Waals surface area (Å²) in [6.45, 7) is 0. The van der Waals surface area contributed by atoms with Gasteiger partial charge in [-0.15, -0.1) is 5.10 Å². The molecule has 1 N–H and O–H groups in total. The van der Waals surface area contributed by atoms with Crippen molar-refractivity contribution in [1.29, 1.82) is 0 Å². The van der Waals surface area contributed by atoms with Gasteiger partial charge in [-0.1, -0.05) is 35.5 Å². The van der Waals surface area contributed by atoms with Crippen molar-refractivity contribution < 1.29 is 9.13 Å². The van der Waals surface area contributed by atoms with Crippen molar-refractivity contribution in [3.8, 4) is 17.1 Å². The summed E-state index contributed by atoms with van der Waals surface area (Å²) in [6.07, 6.45) is 0. The van der Waals surface area contributed by atoms with Crippen LogP contribution in [0.2, 0.25) is 5.02 Å². The molecule has 0 saturated heterocycles. The summed E-state index contributed by atoms with van der Waals surface area (Å²) in [5, 5.41) is 8.05. The number of hydrogen-bond acceptors (Lipinski definition) is 4. The van der Waals surface area contributed by atoms with Crippen LogP contribution in [0.4, 0.5) is 4.39 Å². The van der Waals surface area contributed by atoms with Crippen molar-refractivity contribution in [2.75, 3.05) is 7.11 Å². The third-order valence-corrected chi connectivity index (χ3v) is 4.32. The molecule has 3 aromatic rings. The van der Waals surface area contributed by atoms with Gasteiger partial charge < -0.3 is 4.74 Å². The van der Waals surface area contributed by atoms with E-state index in [2.05, 4.69) is 15.2 Å². The van der Waals surface area contributed by atoms with Gasteiger partial charge in [-0.05, 0) is 30.3 Å². The summed E-state index contributed by atoms with van der Waals surface area (Å²) in [7, 11) is 1.61. The normalized spacial score (nSPS) is 10.7. The van der Waals surface area contributed by atoms with E-state index in [-0.39, 0.29) is 5.82 Å². The molecule has 0 aliphatic heterocycles. The average molecular weight is 350 g/mol. The SMILES string of the molecule is COc1ccc(Cl)cc1CSc1n[nH]c(-c2ccccc2F)n1. The van der Waals surface area contributed by atoms with E-state index < -0.39 is 0 Å². The molecule has 7 heteroatoms. The molecule has 0 spiro atoms. The Morgan fingerprint density at radius 3 is 2.87 bits per heavy atom. The maximum Gasteiger partial charge on any atom is 0.209 e. The summed E-state index contributed by atoms with van der Waals surface area (Å²) in [5.41, 5.74) is 1.34. The summed E-state index contributed by atoms with van der Waals surface area (Å²) < 4.78 is 19.1. The smallest absolute Gasteiger partial charge is 0.209 e. The van der Waals surface area contributed by atoms with Gasteiger partial charge in [0.05, 0.1) is 12.7 Å². The fourth-order valence-corrected chi connectivity index (χ4v) is 3.06. The van der Waals surface area contributed by atoms with E-state index in [0.29, 0.717) is 27.3 Å². The Labute approximate surface area is 142 Å². The second kappa shape index (κ2) is 7.02. The minimum atomic E-state index is -0.336. The van der Waals surface area contributed by atoms with Crippen LogP contribution in [0.15, 0.2) is 47.6 Å². The summed E-state index contributed by atoms with van der Waals surface area (Å²) in [5.74, 6) is 1.42. The third kappa shape index (κ3) is 3.65. The molecule has 0 saturated carbocycles. The zero-order valence-electron chi connectivity index (χ0n) is 12.2. The molecule has 0 amide bonds. The first kappa shape index (κ1) is 15.8. The van der Waals surface area contributed by atoms with E-state index in [0.717, 1.165) is 11.3 Å². The molecule has 1 heterocycles. The molecule has 0 bridgehead atoms. The highest BCUT2D eigenvalue weighted by atomic mass is 35.5. The van der Waals surface area contributed by atoms with Crippen LogP contribution in [0.1, 0.15) is 5.56 Å². The number of aromatic nitrogens is 3. The van der Waals surface area contributed by atoms with Gasteiger partial charge in [-0.25, -0.2) is 9.37 Å². The molecule has 0 aliphatic carbocycles. The summed E-state index contributed by atoms with van der Waals surface area (Å²) in [4.78, 5) is 4.32. The van der Waals surface area contributed by atoms with E-state index in [1.807, 2.05) is 12.1 Å². The molecular formula is C16H13ClFN3OS. The molecule has 0 fully saturated rings. The van der Waals surface area contributed by atoms with E-state index in [4.69, 9.17) is 16.3 Å². The van der Waals surface area contributed by atoms with E-state index in [1.54, 1.807) is 31.4 Å². The fourth-order valence-electron chi connectivity index (χ4n) is 2.09. The quantitative estimate of drug-likeness (QED) is 0.686. The number of nitrogens with one attached hydrogen (secondary N) is 1. The van der Waals surface area contributed by atoms with Gasteiger partial charge in [-0.3, -0.25) is 5.10 Å². The van der Waals surface area contributed by atoms with Gasteiger partial charge in [-0.2, -0.15) is 0 Å². The number of benzene rings is 2. The highest BCUT2D eigenvalue weighted by Gasteiger charge is 2.11. The summed E-state index contributed by atoms with van der Waals surface area (Å²) >= 11 is 7.43. The van der Waals surface area contributed by atoms with Gasteiger partial charge in [0, 0.05) is 16.3 Å². The fraction of sp³-hybridized carbons (Fsp3) is 0.125. The first-order valence-electron chi connectivity index (χ1n) is 6.80. The maximum absolute atomic E-state index is 13.8. The van der Waals surface area contributed by atoms with Crippen molar-refractivity contribution in [1.82, 2.24) is 15.2 Å². The number of thioether (sulfide) groups is 1. The first-order valence-corrected chi connectivity index (χ1v) is 8.16. The molecule has 0 aliphatic rings. The van der Waals surface area contributed by atoms with Crippen molar-refractivity contribution in [3.05, 3.63) is 58.9 Å². The minimum Gasteiger partial charge on any atom is -0.496 e. The highest BCUT2D eigenvalue weighted by Crippen LogP contribution is 2.29. The number of rotatable bonds is 5. The number of methoxy groups -OCH3 is 1. The second-order valence-corrected chi connectivity index (χ2v) is 6.07. The maximum atomic E-state index is 13.8. The molecule has 0 radical (unpaired) electrons. The molecular weight excluding hydrogens is 337 g/mol. The van der Waals surface area contributed by atoms with Crippen molar-refractivity contribution >= 4 is 23.4 Å². The Kier molecular flexibility index (Phi) is 4.83. The van der Waals surface area contributed by atoms with Crippen LogP contribution in [-0.4, -0.2) is 22.3 Å². The lowest BCUT2D eigenvalue weighted by atomic mass is 10.2. The first-order chi connectivity index (χ1) is 11.2. The molecule has 118 valence electrons. The highest BCUT2D eigenvalue weighted by molar-refractivity contribution is 7.98. The van der Waals surface area contributed by atoms with Crippen LogP contribution in [-0.2, 0) is 5.75 Å². The Morgan fingerprint density at radius 2 is 2.09 bits per heavy atom. The number of hydrogen-bond donors (Lipinski definition) is 1. The van der Waals surface area contributed by atoms with Crippen LogP contribution in [0, 0.1) is 5.82 Å². The largest absolute Gasteiger partial charge is 0.496 e. The van der Waals surface area contributed by atoms with Crippen molar-refractivity contribution in [3.63, 3.8) is 0 Å². The van der Waals surface area contributed by atoms with E-state index in [1.165, 1.54) is 17.8 Å². The van der Waals surface area contributed by atoms with Gasteiger partial charge >= 0.3 is 0 Å². The van der Waals surface area contributed by atoms with Gasteiger partial charge in [0.2, 0.25) is 5.16 Å². The zero-order valence-corrected chi connectivity index (χ0v) is 13.8. The molecule has 23 heavy (non-hydrogen) atoms. The lowest BCUT2D eigenvalue weighted by Gasteiger charge is -2.07. The molecule has 1 aromatic heterocycles. The average Bonchev–Trinajstić information content (AvgIpc) is 3.02. The Hall–Kier alpha value is -2.05. The predicted molar refractivity (Wildman–Crippen MR) is 89.3 cm³/mol. The number of nitrogens with zero attached hydrogens (tertiary/aromatic N) is 2. The lowest BCUT2D eigenvalue weighted by Crippen LogP contribution is -1.90. The number of H-pyrrole nitrogens is 1. The van der Waals surface area contributed by atoms with Crippen LogP contribution in [0.5, 0.6) is 5.75 Å². The standard InChI is InChI=1S/C16H13ClFN3OS/c1-22-14-7-6-11(17)8-10(14)9-23-16-19-15(20-21-16)12-4-2-3-5-13(12)18/h2-8H,9H2,1H3,(H,19,20,21). The summed E-state index contributed by atoms with van der Waals surface area (Å²) in [6, 6.07) is 11.9. The molecule has 0 unspecified atom stereocenters. The van der Waals surface area contributed by atoms with Crippen molar-refractivity contribution in [2.45, 2.75) is 10.9 Å². The molecule has 0 atom stereocenters. The number of aromatic amines is 1. The second-order valence-electron chi connectivity index (χ2n) is 4.69.